The molecule has 0 bridgehead atoms. The molecule has 4 rings (SSSR count). The number of rotatable bonds is 6. The van der Waals surface area contributed by atoms with Crippen molar-refractivity contribution in [3.63, 3.8) is 0 Å². The predicted octanol–water partition coefficient (Wildman–Crippen LogP) is 0.760. The van der Waals surface area contributed by atoms with Gasteiger partial charge in [-0.2, -0.15) is 0 Å². The molecular weight excluding hydrogens is 378 g/mol. The molecule has 3 amide bonds. The third-order valence-corrected chi connectivity index (χ3v) is 5.95. The number of nitrogens with zero attached hydrogens (tertiary/aromatic N) is 2. The highest BCUT2D eigenvalue weighted by molar-refractivity contribution is 6.08. The number of ether oxygens (including phenoxy) is 3. The molecule has 1 aromatic rings. The van der Waals surface area contributed by atoms with Crippen LogP contribution in [0.3, 0.4) is 0 Å². The molecule has 1 aromatic carbocycles. The van der Waals surface area contributed by atoms with E-state index >= 15 is 0 Å². The van der Waals surface area contributed by atoms with Crippen molar-refractivity contribution < 1.29 is 28.9 Å². The lowest BCUT2D eigenvalue weighted by atomic mass is 9.93. The van der Waals surface area contributed by atoms with Gasteiger partial charge in [0.05, 0.1) is 20.3 Å². The van der Waals surface area contributed by atoms with Crippen molar-refractivity contribution >= 4 is 17.6 Å². The third kappa shape index (κ3) is 4.29. The zero-order chi connectivity index (χ0) is 20.4. The van der Waals surface area contributed by atoms with Gasteiger partial charge in [0.15, 0.2) is 12.0 Å². The number of hydrogen-bond acceptors (Lipinski definition) is 7. The molecule has 9 nitrogen and oxygen atoms in total. The van der Waals surface area contributed by atoms with Crippen molar-refractivity contribution in [2.45, 2.75) is 25.6 Å². The van der Waals surface area contributed by atoms with E-state index < -0.39 is 17.0 Å². The van der Waals surface area contributed by atoms with Crippen molar-refractivity contribution in [1.29, 1.82) is 0 Å². The number of piperidine rings is 1. The molecule has 0 spiro atoms. The maximum absolute atomic E-state index is 12.8. The Morgan fingerprint density at radius 1 is 1.21 bits per heavy atom. The number of carbonyl (C=O) groups excluding carboxylic acids is 2. The smallest absolute Gasteiger partial charge is 0.429 e. The van der Waals surface area contributed by atoms with Crippen LogP contribution >= 0.6 is 0 Å². The van der Waals surface area contributed by atoms with E-state index in [0.717, 1.165) is 37.4 Å². The lowest BCUT2D eigenvalue weighted by Gasteiger charge is -2.35. The van der Waals surface area contributed by atoms with Crippen LogP contribution in [0.1, 0.15) is 29.6 Å². The van der Waals surface area contributed by atoms with Crippen molar-refractivity contribution in [2.24, 2.45) is 5.92 Å². The fourth-order valence-electron chi connectivity index (χ4n) is 4.20. The summed E-state index contributed by atoms with van der Waals surface area (Å²) in [5.74, 6) is 0.484. The molecule has 1 unspecified atom stereocenters. The molecule has 3 heterocycles. The van der Waals surface area contributed by atoms with Crippen LogP contribution in [0, 0.1) is 11.1 Å². The molecule has 0 aromatic heterocycles. The van der Waals surface area contributed by atoms with Crippen LogP contribution in [0.4, 0.5) is 10.5 Å². The highest BCUT2D eigenvalue weighted by Crippen LogP contribution is 2.26. The number of hydroxylamine groups is 1. The second kappa shape index (κ2) is 8.76. The van der Waals surface area contributed by atoms with E-state index in [2.05, 4.69) is 4.90 Å². The largest absolute Gasteiger partial charge is 0.620 e. The standard InChI is InChI=1S/C20H27N3O6/c1-27-15-2-3-17-16(12-15)19(24)22(20(25)23(17)26)9-6-14-4-7-21(8-5-14)13-18-28-10-11-29-18/h2-3,12,14,18,23H,4-11,13H2,1H3. The zero-order valence-electron chi connectivity index (χ0n) is 16.6. The van der Waals surface area contributed by atoms with Gasteiger partial charge in [-0.1, -0.05) is 0 Å². The first kappa shape index (κ1) is 20.2. The van der Waals surface area contributed by atoms with Gasteiger partial charge in [-0.25, -0.2) is 9.69 Å². The summed E-state index contributed by atoms with van der Waals surface area (Å²) in [5.41, 5.74) is 0.391. The van der Waals surface area contributed by atoms with Gasteiger partial charge in [0.2, 0.25) is 0 Å². The van der Waals surface area contributed by atoms with Gasteiger partial charge < -0.3 is 19.4 Å². The minimum absolute atomic E-state index is 0.127. The number of urea groups is 1. The number of nitrogens with one attached hydrogen (secondary N) is 1. The molecule has 1 atom stereocenters. The van der Waals surface area contributed by atoms with Crippen molar-refractivity contribution in [3.8, 4) is 5.75 Å². The first-order chi connectivity index (χ1) is 14.1. The predicted molar refractivity (Wildman–Crippen MR) is 103 cm³/mol. The first-order valence-corrected chi connectivity index (χ1v) is 10.1. The third-order valence-electron chi connectivity index (χ3n) is 5.95. The van der Waals surface area contributed by atoms with E-state index in [9.17, 15) is 14.8 Å². The summed E-state index contributed by atoms with van der Waals surface area (Å²) in [4.78, 5) is 28.7. The Bertz CT molecular complexity index is 759. The number of benzene rings is 1. The fraction of sp³-hybridized carbons (Fsp3) is 0.600. The molecule has 29 heavy (non-hydrogen) atoms. The topological polar surface area (TPSA) is 95.8 Å². The van der Waals surface area contributed by atoms with Gasteiger partial charge in [0, 0.05) is 19.2 Å². The van der Waals surface area contributed by atoms with E-state index in [1.807, 2.05) is 0 Å². The number of quaternary nitrogens is 1. The number of imide groups is 1. The van der Waals surface area contributed by atoms with Gasteiger partial charge >= 0.3 is 6.03 Å². The summed E-state index contributed by atoms with van der Waals surface area (Å²) in [5, 5.41) is 11.8. The molecule has 2 saturated heterocycles. The summed E-state index contributed by atoms with van der Waals surface area (Å²) < 4.78 is 16.2. The quantitative estimate of drug-likeness (QED) is 0.698. The van der Waals surface area contributed by atoms with Crippen LogP contribution in [0.25, 0.3) is 0 Å². The van der Waals surface area contributed by atoms with Gasteiger partial charge in [0.1, 0.15) is 11.3 Å². The SMILES string of the molecule is COc1ccc2c(c1)C(=O)N(CCC1CCN(CC3OCCO3)CC1)C(=O)[NH+]2[O-]. The normalized spacial score (nSPS) is 24.2. The first-order valence-electron chi connectivity index (χ1n) is 10.1. The van der Waals surface area contributed by atoms with E-state index in [1.54, 1.807) is 6.07 Å². The molecule has 0 saturated carbocycles. The number of hydrogen-bond donors (Lipinski definition) is 1. The van der Waals surface area contributed by atoms with E-state index in [1.165, 1.54) is 19.2 Å². The van der Waals surface area contributed by atoms with Gasteiger partial charge in [-0.05, 0) is 50.4 Å². The molecule has 9 heteroatoms. The molecular formula is C20H27N3O6. The second-order valence-electron chi connectivity index (χ2n) is 7.71. The highest BCUT2D eigenvalue weighted by Gasteiger charge is 2.38. The van der Waals surface area contributed by atoms with Gasteiger partial charge in [0.25, 0.3) is 5.91 Å². The monoisotopic (exact) mass is 405 g/mol. The Hall–Kier alpha value is -2.04. The van der Waals surface area contributed by atoms with E-state index in [0.29, 0.717) is 31.3 Å². The van der Waals surface area contributed by atoms with Crippen LogP contribution in [0.5, 0.6) is 5.75 Å². The molecule has 1 N–H and O–H groups in total. The minimum atomic E-state index is -0.736. The Morgan fingerprint density at radius 2 is 1.93 bits per heavy atom. The van der Waals surface area contributed by atoms with Crippen molar-refractivity contribution in [3.05, 3.63) is 29.0 Å². The van der Waals surface area contributed by atoms with Crippen LogP contribution in [0.2, 0.25) is 0 Å². The van der Waals surface area contributed by atoms with Crippen LogP contribution in [-0.4, -0.2) is 74.5 Å². The molecule has 3 aliphatic rings. The number of likely N-dealkylation sites (tertiary alicyclic amines) is 1. The van der Waals surface area contributed by atoms with Crippen LogP contribution < -0.4 is 9.80 Å². The molecule has 158 valence electrons. The second-order valence-corrected chi connectivity index (χ2v) is 7.71. The summed E-state index contributed by atoms with van der Waals surface area (Å²) in [6.07, 6.45) is 2.55. The Labute approximate surface area is 169 Å². The summed E-state index contributed by atoms with van der Waals surface area (Å²) >= 11 is 0. The number of methoxy groups -OCH3 is 1. The molecule has 2 fully saturated rings. The summed E-state index contributed by atoms with van der Waals surface area (Å²) in [6.45, 7) is 4.24. The average molecular weight is 405 g/mol. The van der Waals surface area contributed by atoms with E-state index in [-0.39, 0.29) is 24.1 Å². The Kier molecular flexibility index (Phi) is 6.12. The number of fused-ring (bicyclic) bond motifs is 1. The Balaban J connectivity index is 1.32. The van der Waals surface area contributed by atoms with Crippen LogP contribution in [-0.2, 0) is 9.47 Å². The van der Waals surface area contributed by atoms with Crippen molar-refractivity contribution in [1.82, 2.24) is 9.80 Å². The maximum Gasteiger partial charge on any atom is 0.429 e. The van der Waals surface area contributed by atoms with Crippen LogP contribution in [0.15, 0.2) is 18.2 Å². The highest BCUT2D eigenvalue weighted by atomic mass is 16.7. The summed E-state index contributed by atoms with van der Waals surface area (Å²) in [7, 11) is 1.50. The van der Waals surface area contributed by atoms with E-state index in [4.69, 9.17) is 14.2 Å². The Morgan fingerprint density at radius 3 is 2.62 bits per heavy atom. The van der Waals surface area contributed by atoms with Gasteiger partial charge in [-0.15, -0.1) is 0 Å². The lowest BCUT2D eigenvalue weighted by Crippen LogP contribution is -3.08. The minimum Gasteiger partial charge on any atom is -0.620 e. The molecule has 0 radical (unpaired) electrons. The maximum atomic E-state index is 12.8. The molecule has 0 aliphatic carbocycles. The number of amides is 3. The zero-order valence-corrected chi connectivity index (χ0v) is 16.6. The van der Waals surface area contributed by atoms with Crippen molar-refractivity contribution in [2.75, 3.05) is 46.5 Å². The lowest BCUT2D eigenvalue weighted by molar-refractivity contribution is -0.687. The fourth-order valence-corrected chi connectivity index (χ4v) is 4.20. The average Bonchev–Trinajstić information content (AvgIpc) is 3.26. The summed E-state index contributed by atoms with van der Waals surface area (Å²) in [6, 6.07) is 3.86. The molecule has 3 aliphatic heterocycles. The van der Waals surface area contributed by atoms with Gasteiger partial charge in [-0.3, -0.25) is 14.8 Å². The number of carbonyl (C=O) groups is 2.